The number of carbonyl (C=O) groups is 1. The van der Waals surface area contributed by atoms with Crippen molar-refractivity contribution in [1.82, 2.24) is 15.3 Å². The molecule has 0 saturated carbocycles. The number of H-pyrrole nitrogens is 1. The third kappa shape index (κ3) is 3.57. The van der Waals surface area contributed by atoms with Gasteiger partial charge in [-0.2, -0.15) is 0 Å². The van der Waals surface area contributed by atoms with Gasteiger partial charge in [0, 0.05) is 36.3 Å². The van der Waals surface area contributed by atoms with Crippen molar-refractivity contribution >= 4 is 46.8 Å². The van der Waals surface area contributed by atoms with E-state index in [4.69, 9.17) is 5.73 Å². The SMILES string of the molecule is Cc1c[nH]c2nccc(N3C=C(C(=O)N[C@@H]4Cc5ccccc5[C@@H]4N)SCC3)c12.Cl. The van der Waals surface area contributed by atoms with Crippen LogP contribution >= 0.6 is 24.2 Å². The molecular formula is C22H24ClN5OS. The summed E-state index contributed by atoms with van der Waals surface area (Å²) < 4.78 is 0. The zero-order chi connectivity index (χ0) is 20.0. The molecule has 0 bridgehead atoms. The van der Waals surface area contributed by atoms with Gasteiger partial charge in [-0.1, -0.05) is 24.3 Å². The number of fused-ring (bicyclic) bond motifs is 2. The number of hydrogen-bond acceptors (Lipinski definition) is 5. The first kappa shape index (κ1) is 20.8. The maximum Gasteiger partial charge on any atom is 0.259 e. The van der Waals surface area contributed by atoms with Crippen LogP contribution < -0.4 is 16.0 Å². The summed E-state index contributed by atoms with van der Waals surface area (Å²) in [6, 6.07) is 9.93. The predicted molar refractivity (Wildman–Crippen MR) is 125 cm³/mol. The van der Waals surface area contributed by atoms with Crippen molar-refractivity contribution in [3.05, 3.63) is 70.5 Å². The Morgan fingerprint density at radius 3 is 3.00 bits per heavy atom. The molecule has 4 N–H and O–H groups in total. The quantitative estimate of drug-likeness (QED) is 0.579. The molecule has 2 aliphatic rings. The zero-order valence-electron chi connectivity index (χ0n) is 16.6. The van der Waals surface area contributed by atoms with Gasteiger partial charge in [0.15, 0.2) is 0 Å². The zero-order valence-corrected chi connectivity index (χ0v) is 18.2. The molecule has 8 heteroatoms. The highest BCUT2D eigenvalue weighted by atomic mass is 35.5. The van der Waals surface area contributed by atoms with E-state index < -0.39 is 0 Å². The molecule has 0 radical (unpaired) electrons. The molecule has 1 amide bonds. The number of amides is 1. The minimum absolute atomic E-state index is 0. The number of nitrogens with one attached hydrogen (secondary N) is 2. The minimum Gasteiger partial charge on any atom is -0.347 e. The van der Waals surface area contributed by atoms with Gasteiger partial charge < -0.3 is 20.9 Å². The van der Waals surface area contributed by atoms with Crippen LogP contribution in [0.4, 0.5) is 5.69 Å². The highest BCUT2D eigenvalue weighted by Crippen LogP contribution is 2.33. The van der Waals surface area contributed by atoms with E-state index >= 15 is 0 Å². The smallest absolute Gasteiger partial charge is 0.259 e. The lowest BCUT2D eigenvalue weighted by atomic mass is 10.1. The standard InChI is InChI=1S/C22H23N5OS.ClH/c1-13-11-25-21-19(13)17(6-7-24-21)27-8-9-29-18(12-27)22(28)26-16-10-14-4-2-3-5-15(14)20(16)23;/h2-7,11-12,16,20H,8-10,23H2,1H3,(H,24,25)(H,26,28);1H/t16-,20+;/m1./s1. The summed E-state index contributed by atoms with van der Waals surface area (Å²) in [7, 11) is 0. The van der Waals surface area contributed by atoms with E-state index in [1.807, 2.05) is 30.6 Å². The summed E-state index contributed by atoms with van der Waals surface area (Å²) in [5.74, 6) is 0.799. The lowest BCUT2D eigenvalue weighted by molar-refractivity contribution is -0.117. The third-order valence-electron chi connectivity index (χ3n) is 5.75. The van der Waals surface area contributed by atoms with E-state index in [0.717, 1.165) is 51.5 Å². The largest absolute Gasteiger partial charge is 0.347 e. The van der Waals surface area contributed by atoms with Gasteiger partial charge in [0.1, 0.15) is 5.65 Å². The second-order valence-corrected chi connectivity index (χ2v) is 8.71. The van der Waals surface area contributed by atoms with E-state index in [0.29, 0.717) is 0 Å². The molecule has 1 aliphatic carbocycles. The number of anilines is 1. The average Bonchev–Trinajstić information content (AvgIpc) is 3.28. The number of halogens is 1. The van der Waals surface area contributed by atoms with Gasteiger partial charge in [-0.15, -0.1) is 24.2 Å². The van der Waals surface area contributed by atoms with E-state index in [1.54, 1.807) is 18.0 Å². The Morgan fingerprint density at radius 2 is 2.17 bits per heavy atom. The molecule has 30 heavy (non-hydrogen) atoms. The fraction of sp³-hybridized carbons (Fsp3) is 0.273. The number of hydrogen-bond donors (Lipinski definition) is 3. The molecule has 0 spiro atoms. The van der Waals surface area contributed by atoms with Crippen LogP contribution in [-0.4, -0.2) is 34.2 Å². The van der Waals surface area contributed by atoms with Gasteiger partial charge in [0.2, 0.25) is 0 Å². The number of nitrogens with two attached hydrogens (primary N) is 1. The van der Waals surface area contributed by atoms with Gasteiger partial charge in [-0.3, -0.25) is 4.79 Å². The van der Waals surface area contributed by atoms with Crippen molar-refractivity contribution < 1.29 is 4.79 Å². The highest BCUT2D eigenvalue weighted by Gasteiger charge is 2.31. The molecule has 2 aromatic heterocycles. The summed E-state index contributed by atoms with van der Waals surface area (Å²) >= 11 is 1.59. The van der Waals surface area contributed by atoms with E-state index in [1.165, 1.54) is 5.56 Å². The van der Waals surface area contributed by atoms with Gasteiger partial charge in [-0.25, -0.2) is 4.98 Å². The number of rotatable bonds is 3. The van der Waals surface area contributed by atoms with Crippen molar-refractivity contribution in [3.63, 3.8) is 0 Å². The number of thioether (sulfide) groups is 1. The van der Waals surface area contributed by atoms with Crippen molar-refractivity contribution in [2.45, 2.75) is 25.4 Å². The topological polar surface area (TPSA) is 87.0 Å². The maximum absolute atomic E-state index is 13.0. The van der Waals surface area contributed by atoms with Crippen LogP contribution in [0.2, 0.25) is 0 Å². The lowest BCUT2D eigenvalue weighted by Crippen LogP contribution is -2.42. The summed E-state index contributed by atoms with van der Waals surface area (Å²) in [5, 5.41) is 4.26. The molecule has 3 heterocycles. The summed E-state index contributed by atoms with van der Waals surface area (Å²) in [4.78, 5) is 23.5. The molecule has 0 unspecified atom stereocenters. The number of nitrogens with zero attached hydrogens (tertiary/aromatic N) is 2. The summed E-state index contributed by atoms with van der Waals surface area (Å²) in [6.45, 7) is 2.92. The first-order valence-corrected chi connectivity index (χ1v) is 10.8. The van der Waals surface area contributed by atoms with E-state index in [-0.39, 0.29) is 30.4 Å². The van der Waals surface area contributed by atoms with Gasteiger partial charge >= 0.3 is 0 Å². The number of benzene rings is 1. The normalized spacial score (nSPS) is 20.5. The first-order chi connectivity index (χ1) is 14.1. The second kappa shape index (κ2) is 8.34. The number of aryl methyl sites for hydroxylation is 1. The Morgan fingerprint density at radius 1 is 1.33 bits per heavy atom. The van der Waals surface area contributed by atoms with Gasteiger partial charge in [0.05, 0.1) is 22.7 Å². The van der Waals surface area contributed by atoms with Crippen LogP contribution in [-0.2, 0) is 11.2 Å². The maximum atomic E-state index is 13.0. The molecule has 5 rings (SSSR count). The van der Waals surface area contributed by atoms with Crippen LogP contribution in [0.5, 0.6) is 0 Å². The third-order valence-corrected chi connectivity index (χ3v) is 6.74. The number of aromatic amines is 1. The molecule has 2 atom stereocenters. The fourth-order valence-electron chi connectivity index (χ4n) is 4.26. The highest BCUT2D eigenvalue weighted by molar-refractivity contribution is 8.04. The molecule has 1 aromatic carbocycles. The van der Waals surface area contributed by atoms with E-state index in [9.17, 15) is 4.79 Å². The Balaban J connectivity index is 0.00000218. The Labute approximate surface area is 185 Å². The Hall–Kier alpha value is -2.48. The monoisotopic (exact) mass is 441 g/mol. The predicted octanol–water partition coefficient (Wildman–Crippen LogP) is 3.43. The molecule has 1 aliphatic heterocycles. The molecular weight excluding hydrogens is 418 g/mol. The van der Waals surface area contributed by atoms with Crippen LogP contribution in [0, 0.1) is 6.92 Å². The van der Waals surface area contributed by atoms with Crippen LogP contribution in [0.1, 0.15) is 22.7 Å². The van der Waals surface area contributed by atoms with Crippen LogP contribution in [0.3, 0.4) is 0 Å². The fourth-order valence-corrected chi connectivity index (χ4v) is 5.16. The molecule has 156 valence electrons. The number of pyridine rings is 1. The van der Waals surface area contributed by atoms with Crippen molar-refractivity contribution in [3.8, 4) is 0 Å². The van der Waals surface area contributed by atoms with Crippen LogP contribution in [0.25, 0.3) is 11.0 Å². The van der Waals surface area contributed by atoms with E-state index in [2.05, 4.69) is 39.2 Å². The molecule has 0 fully saturated rings. The van der Waals surface area contributed by atoms with Crippen molar-refractivity contribution in [1.29, 1.82) is 0 Å². The first-order valence-electron chi connectivity index (χ1n) is 9.80. The number of aromatic nitrogens is 2. The summed E-state index contributed by atoms with van der Waals surface area (Å²) in [5.41, 5.74) is 11.8. The molecule has 0 saturated heterocycles. The molecule has 6 nitrogen and oxygen atoms in total. The molecule has 3 aromatic rings. The van der Waals surface area contributed by atoms with Crippen molar-refractivity contribution in [2.75, 3.05) is 17.2 Å². The Kier molecular flexibility index (Phi) is 5.77. The average molecular weight is 442 g/mol. The summed E-state index contributed by atoms with van der Waals surface area (Å²) in [6.07, 6.45) is 6.50. The van der Waals surface area contributed by atoms with Gasteiger partial charge in [0.25, 0.3) is 5.91 Å². The minimum atomic E-state index is -0.164. The van der Waals surface area contributed by atoms with Crippen molar-refractivity contribution in [2.24, 2.45) is 5.73 Å². The second-order valence-electron chi connectivity index (χ2n) is 7.57. The number of carbonyl (C=O) groups excluding carboxylic acids is 1. The van der Waals surface area contributed by atoms with Crippen LogP contribution in [0.15, 0.2) is 53.8 Å². The lowest BCUT2D eigenvalue weighted by Gasteiger charge is -2.27. The van der Waals surface area contributed by atoms with Gasteiger partial charge in [-0.05, 0) is 36.1 Å². The Bertz CT molecular complexity index is 1130.